The van der Waals surface area contributed by atoms with Gasteiger partial charge in [0.2, 0.25) is 5.88 Å². The second-order valence-electron chi connectivity index (χ2n) is 3.76. The molecular formula is C10H16ClN3O. The predicted octanol–water partition coefficient (Wildman–Crippen LogP) is 2.53. The molecule has 0 amide bonds. The minimum absolute atomic E-state index is 0.255. The zero-order valence-electron chi connectivity index (χ0n) is 9.03. The summed E-state index contributed by atoms with van der Waals surface area (Å²) in [6, 6.07) is 0. The van der Waals surface area contributed by atoms with Gasteiger partial charge in [0, 0.05) is 0 Å². The fraction of sp³-hybridized carbons (Fsp3) is 0.600. The lowest BCUT2D eigenvalue weighted by Crippen LogP contribution is -2.03. The summed E-state index contributed by atoms with van der Waals surface area (Å²) in [6.07, 6.45) is 3.45. The Morgan fingerprint density at radius 1 is 1.47 bits per heavy atom. The molecule has 84 valence electrons. The third-order valence-corrected chi connectivity index (χ3v) is 2.30. The molecule has 0 aliphatic rings. The Hall–Kier alpha value is -1.03. The predicted molar refractivity (Wildman–Crippen MR) is 61.0 cm³/mol. The molecule has 0 radical (unpaired) electrons. The van der Waals surface area contributed by atoms with Crippen LogP contribution in [0.4, 0.5) is 5.82 Å². The average Bonchev–Trinajstić information content (AvgIpc) is 2.18. The number of hydrogen-bond acceptors (Lipinski definition) is 4. The van der Waals surface area contributed by atoms with E-state index in [0.717, 1.165) is 12.8 Å². The Bertz CT molecular complexity index is 318. The standard InChI is InChI=1S/C10H16ClN3O/c1-7(2)4-3-5-15-10-8(11)9(12)13-6-14-10/h6-7H,3-5H2,1-2H3,(H2,12,13,14). The van der Waals surface area contributed by atoms with Gasteiger partial charge in [0.05, 0.1) is 6.61 Å². The van der Waals surface area contributed by atoms with Crippen molar-refractivity contribution in [3.63, 3.8) is 0 Å². The maximum absolute atomic E-state index is 5.86. The minimum atomic E-state index is 0.255. The number of nitrogens with two attached hydrogens (primary N) is 1. The van der Waals surface area contributed by atoms with Crippen molar-refractivity contribution < 1.29 is 4.74 Å². The molecule has 0 saturated heterocycles. The van der Waals surface area contributed by atoms with E-state index in [2.05, 4.69) is 23.8 Å². The van der Waals surface area contributed by atoms with Crippen LogP contribution in [0.3, 0.4) is 0 Å². The molecule has 1 heterocycles. The van der Waals surface area contributed by atoms with E-state index in [1.54, 1.807) is 0 Å². The van der Waals surface area contributed by atoms with E-state index in [9.17, 15) is 0 Å². The number of aromatic nitrogens is 2. The van der Waals surface area contributed by atoms with Crippen LogP contribution in [0.15, 0.2) is 6.33 Å². The van der Waals surface area contributed by atoms with Gasteiger partial charge in [0.1, 0.15) is 17.2 Å². The van der Waals surface area contributed by atoms with Crippen LogP contribution >= 0.6 is 11.6 Å². The van der Waals surface area contributed by atoms with E-state index in [1.807, 2.05) is 0 Å². The first-order chi connectivity index (χ1) is 7.11. The van der Waals surface area contributed by atoms with Crippen molar-refractivity contribution in [1.82, 2.24) is 9.97 Å². The summed E-state index contributed by atoms with van der Waals surface area (Å²) in [5.74, 6) is 1.30. The summed E-state index contributed by atoms with van der Waals surface area (Å²) >= 11 is 5.86. The highest BCUT2D eigenvalue weighted by molar-refractivity contribution is 6.33. The highest BCUT2D eigenvalue weighted by atomic mass is 35.5. The summed E-state index contributed by atoms with van der Waals surface area (Å²) in [5, 5.41) is 0.294. The quantitative estimate of drug-likeness (QED) is 0.789. The summed E-state index contributed by atoms with van der Waals surface area (Å²) < 4.78 is 5.40. The Kier molecular flexibility index (Phi) is 4.62. The average molecular weight is 230 g/mol. The highest BCUT2D eigenvalue weighted by Crippen LogP contribution is 2.25. The van der Waals surface area contributed by atoms with Crippen molar-refractivity contribution in [2.75, 3.05) is 12.3 Å². The lowest BCUT2D eigenvalue weighted by atomic mass is 10.1. The molecule has 1 aromatic heterocycles. The number of ether oxygens (including phenoxy) is 1. The Morgan fingerprint density at radius 2 is 2.20 bits per heavy atom. The van der Waals surface area contributed by atoms with Crippen molar-refractivity contribution in [3.8, 4) is 5.88 Å². The molecule has 0 saturated carbocycles. The molecule has 0 bridgehead atoms. The van der Waals surface area contributed by atoms with E-state index >= 15 is 0 Å². The van der Waals surface area contributed by atoms with Crippen molar-refractivity contribution in [2.45, 2.75) is 26.7 Å². The smallest absolute Gasteiger partial charge is 0.237 e. The van der Waals surface area contributed by atoms with Crippen LogP contribution in [0.2, 0.25) is 5.02 Å². The molecule has 15 heavy (non-hydrogen) atoms. The highest BCUT2D eigenvalue weighted by Gasteiger charge is 2.07. The first-order valence-corrected chi connectivity index (χ1v) is 5.37. The van der Waals surface area contributed by atoms with Crippen LogP contribution in [-0.2, 0) is 0 Å². The molecular weight excluding hydrogens is 214 g/mol. The monoisotopic (exact) mass is 229 g/mol. The zero-order chi connectivity index (χ0) is 11.3. The summed E-state index contributed by atoms with van der Waals surface area (Å²) in [5.41, 5.74) is 5.51. The molecule has 0 unspecified atom stereocenters. The van der Waals surface area contributed by atoms with Gasteiger partial charge in [-0.05, 0) is 18.8 Å². The van der Waals surface area contributed by atoms with Gasteiger partial charge >= 0.3 is 0 Å². The Labute approximate surface area is 94.8 Å². The Morgan fingerprint density at radius 3 is 2.87 bits per heavy atom. The number of nitrogens with zero attached hydrogens (tertiary/aromatic N) is 2. The normalized spacial score (nSPS) is 10.7. The zero-order valence-corrected chi connectivity index (χ0v) is 9.79. The van der Waals surface area contributed by atoms with Crippen molar-refractivity contribution in [2.24, 2.45) is 5.92 Å². The molecule has 0 spiro atoms. The van der Waals surface area contributed by atoms with E-state index in [0.29, 0.717) is 23.4 Å². The van der Waals surface area contributed by atoms with E-state index in [4.69, 9.17) is 22.1 Å². The number of nitrogen functional groups attached to an aromatic ring is 1. The largest absolute Gasteiger partial charge is 0.476 e. The lowest BCUT2D eigenvalue weighted by molar-refractivity contribution is 0.287. The summed E-state index contributed by atoms with van der Waals surface area (Å²) in [6.45, 7) is 4.96. The molecule has 1 aromatic rings. The summed E-state index contributed by atoms with van der Waals surface area (Å²) in [4.78, 5) is 7.66. The SMILES string of the molecule is CC(C)CCCOc1ncnc(N)c1Cl. The van der Waals surface area contributed by atoms with Crippen LogP contribution in [-0.4, -0.2) is 16.6 Å². The topological polar surface area (TPSA) is 61.0 Å². The number of anilines is 1. The minimum Gasteiger partial charge on any atom is -0.476 e. The molecule has 0 aliphatic heterocycles. The summed E-state index contributed by atoms with van der Waals surface area (Å²) in [7, 11) is 0. The second kappa shape index (κ2) is 5.75. The maximum Gasteiger partial charge on any atom is 0.237 e. The van der Waals surface area contributed by atoms with Crippen molar-refractivity contribution in [3.05, 3.63) is 11.3 Å². The van der Waals surface area contributed by atoms with Gasteiger partial charge in [-0.25, -0.2) is 9.97 Å². The fourth-order valence-electron chi connectivity index (χ4n) is 1.13. The molecule has 0 aliphatic carbocycles. The number of halogens is 1. The van der Waals surface area contributed by atoms with Crippen LogP contribution in [0, 0.1) is 5.92 Å². The van der Waals surface area contributed by atoms with E-state index < -0.39 is 0 Å². The van der Waals surface area contributed by atoms with Crippen LogP contribution < -0.4 is 10.5 Å². The Balaban J connectivity index is 2.41. The van der Waals surface area contributed by atoms with E-state index in [1.165, 1.54) is 6.33 Å². The molecule has 4 nitrogen and oxygen atoms in total. The first-order valence-electron chi connectivity index (χ1n) is 5.00. The molecule has 0 atom stereocenters. The number of rotatable bonds is 5. The maximum atomic E-state index is 5.86. The third kappa shape index (κ3) is 3.91. The van der Waals surface area contributed by atoms with Gasteiger partial charge in [0.25, 0.3) is 0 Å². The van der Waals surface area contributed by atoms with Gasteiger partial charge in [-0.2, -0.15) is 0 Å². The van der Waals surface area contributed by atoms with Gasteiger partial charge < -0.3 is 10.5 Å². The number of hydrogen-bond donors (Lipinski definition) is 1. The molecule has 2 N–H and O–H groups in total. The molecule has 0 fully saturated rings. The fourth-order valence-corrected chi connectivity index (χ4v) is 1.28. The van der Waals surface area contributed by atoms with Gasteiger partial charge in [-0.15, -0.1) is 0 Å². The molecule has 1 rings (SSSR count). The van der Waals surface area contributed by atoms with Crippen molar-refractivity contribution in [1.29, 1.82) is 0 Å². The molecule has 5 heteroatoms. The van der Waals surface area contributed by atoms with Crippen LogP contribution in [0.5, 0.6) is 5.88 Å². The van der Waals surface area contributed by atoms with Gasteiger partial charge in [0.15, 0.2) is 0 Å². The van der Waals surface area contributed by atoms with Gasteiger partial charge in [-0.1, -0.05) is 25.4 Å². The van der Waals surface area contributed by atoms with Crippen LogP contribution in [0.1, 0.15) is 26.7 Å². The van der Waals surface area contributed by atoms with Gasteiger partial charge in [-0.3, -0.25) is 0 Å². The second-order valence-corrected chi connectivity index (χ2v) is 4.14. The molecule has 0 aromatic carbocycles. The van der Waals surface area contributed by atoms with Crippen molar-refractivity contribution >= 4 is 17.4 Å². The third-order valence-electron chi connectivity index (χ3n) is 1.95. The lowest BCUT2D eigenvalue weighted by Gasteiger charge is -2.08. The van der Waals surface area contributed by atoms with Crippen LogP contribution in [0.25, 0.3) is 0 Å². The van der Waals surface area contributed by atoms with E-state index in [-0.39, 0.29) is 5.82 Å². The first kappa shape index (κ1) is 12.0.